The van der Waals surface area contributed by atoms with Gasteiger partial charge in [-0.15, -0.1) is 0 Å². The number of halogens is 2. The van der Waals surface area contributed by atoms with Gasteiger partial charge < -0.3 is 19.9 Å². The molecule has 2 heterocycles. The highest BCUT2D eigenvalue weighted by Gasteiger charge is 2.23. The van der Waals surface area contributed by atoms with Crippen molar-refractivity contribution in [1.82, 2.24) is 14.8 Å². The molecule has 0 unspecified atom stereocenters. The number of aromatic nitrogens is 1. The lowest BCUT2D eigenvalue weighted by atomic mass is 10.1. The number of carboxylic acid groups (broad SMARTS) is 1. The molecule has 0 aliphatic carbocycles. The maximum atomic E-state index is 13.3. The summed E-state index contributed by atoms with van der Waals surface area (Å²) in [5, 5.41) is 13.4. The molecular formula is C22H27ClFN3O3. The second-order valence-electron chi connectivity index (χ2n) is 7.67. The van der Waals surface area contributed by atoms with Crippen LogP contribution in [0.1, 0.15) is 52.1 Å². The molecule has 1 aromatic carbocycles. The number of aromatic carboxylic acids is 1. The van der Waals surface area contributed by atoms with E-state index < -0.39 is 11.8 Å². The number of amides is 1. The number of rotatable bonds is 9. The van der Waals surface area contributed by atoms with Crippen molar-refractivity contribution >= 4 is 23.5 Å². The maximum Gasteiger partial charge on any atom is 0.337 e. The predicted molar refractivity (Wildman–Crippen MR) is 114 cm³/mol. The Balaban J connectivity index is 1.69. The average Bonchev–Trinajstić information content (AvgIpc) is 3.19. The van der Waals surface area contributed by atoms with E-state index in [1.807, 2.05) is 16.4 Å². The van der Waals surface area contributed by atoms with E-state index in [1.54, 1.807) is 13.0 Å². The Labute approximate surface area is 180 Å². The third-order valence-corrected chi connectivity index (χ3v) is 6.07. The zero-order chi connectivity index (χ0) is 21.8. The van der Waals surface area contributed by atoms with Crippen LogP contribution < -0.4 is 5.32 Å². The molecule has 0 bridgehead atoms. The van der Waals surface area contributed by atoms with Crippen molar-refractivity contribution in [1.29, 1.82) is 0 Å². The molecule has 0 saturated carbocycles. The number of carbonyl (C=O) groups is 2. The molecule has 1 fully saturated rings. The normalized spacial score (nSPS) is 14.0. The quantitative estimate of drug-likeness (QED) is 0.588. The predicted octanol–water partition coefficient (Wildman–Crippen LogP) is 3.75. The second kappa shape index (κ2) is 9.62. The van der Waals surface area contributed by atoms with Crippen LogP contribution in [0.3, 0.4) is 0 Å². The number of nitrogens with one attached hydrogen (secondary N) is 1. The van der Waals surface area contributed by atoms with Crippen LogP contribution >= 0.6 is 11.6 Å². The van der Waals surface area contributed by atoms with Crippen LogP contribution in [0.25, 0.3) is 0 Å². The summed E-state index contributed by atoms with van der Waals surface area (Å²) in [7, 11) is 0. The fraction of sp³-hybridized carbons (Fsp3) is 0.455. The standard InChI is InChI=1S/C22H27ClFN3O3/c1-14-18(12-25-8-4-10-26-9-3-5-20(26)28)21(22(29)30)15(2)27(14)13-16-6-7-17(24)11-19(16)23/h6-7,11,25H,3-5,8-10,12-13H2,1-2H3,(H,29,30). The third kappa shape index (κ3) is 4.84. The van der Waals surface area contributed by atoms with Crippen molar-refractivity contribution < 1.29 is 19.1 Å². The Hall–Kier alpha value is -2.38. The van der Waals surface area contributed by atoms with Crippen LogP contribution in [0.2, 0.25) is 5.02 Å². The Morgan fingerprint density at radius 2 is 2.07 bits per heavy atom. The highest BCUT2D eigenvalue weighted by Crippen LogP contribution is 2.26. The number of nitrogens with zero attached hydrogens (tertiary/aromatic N) is 2. The molecule has 1 aliphatic rings. The van der Waals surface area contributed by atoms with Crippen molar-refractivity contribution in [3.8, 4) is 0 Å². The van der Waals surface area contributed by atoms with Crippen LogP contribution in [0.4, 0.5) is 4.39 Å². The smallest absolute Gasteiger partial charge is 0.337 e. The van der Waals surface area contributed by atoms with Gasteiger partial charge in [0.25, 0.3) is 0 Å². The summed E-state index contributed by atoms with van der Waals surface area (Å²) in [6, 6.07) is 4.23. The average molecular weight is 436 g/mol. The molecule has 8 heteroatoms. The van der Waals surface area contributed by atoms with Gasteiger partial charge in [-0.05, 0) is 50.9 Å². The molecule has 2 N–H and O–H groups in total. The summed E-state index contributed by atoms with van der Waals surface area (Å²) in [6.45, 7) is 6.69. The summed E-state index contributed by atoms with van der Waals surface area (Å²) < 4.78 is 15.2. The summed E-state index contributed by atoms with van der Waals surface area (Å²) in [5.74, 6) is -1.17. The van der Waals surface area contributed by atoms with Crippen molar-refractivity contribution in [3.63, 3.8) is 0 Å². The largest absolute Gasteiger partial charge is 0.478 e. The first kappa shape index (κ1) is 22.3. The first-order valence-corrected chi connectivity index (χ1v) is 10.5. The van der Waals surface area contributed by atoms with Gasteiger partial charge in [-0.25, -0.2) is 9.18 Å². The second-order valence-corrected chi connectivity index (χ2v) is 8.07. The Bertz CT molecular complexity index is 958. The molecular weight excluding hydrogens is 409 g/mol. The number of carbonyl (C=O) groups excluding carboxylic acids is 1. The molecule has 0 atom stereocenters. The van der Waals surface area contributed by atoms with E-state index in [2.05, 4.69) is 5.32 Å². The molecule has 1 amide bonds. The topological polar surface area (TPSA) is 74.6 Å². The van der Waals surface area contributed by atoms with Crippen molar-refractivity contribution in [2.24, 2.45) is 0 Å². The zero-order valence-electron chi connectivity index (χ0n) is 17.3. The SMILES string of the molecule is Cc1c(CNCCCN2CCCC2=O)c(C(=O)O)c(C)n1Cc1ccc(F)cc1Cl. The van der Waals surface area contributed by atoms with Crippen LogP contribution in [0.15, 0.2) is 18.2 Å². The molecule has 1 aromatic heterocycles. The highest BCUT2D eigenvalue weighted by atomic mass is 35.5. The van der Waals surface area contributed by atoms with Gasteiger partial charge in [-0.2, -0.15) is 0 Å². The maximum absolute atomic E-state index is 13.3. The number of hydrogen-bond donors (Lipinski definition) is 2. The first-order valence-electron chi connectivity index (χ1n) is 10.1. The van der Waals surface area contributed by atoms with Crippen LogP contribution in [-0.4, -0.2) is 46.1 Å². The first-order chi connectivity index (χ1) is 14.3. The Morgan fingerprint density at radius 1 is 1.30 bits per heavy atom. The monoisotopic (exact) mass is 435 g/mol. The van der Waals surface area contributed by atoms with Crippen molar-refractivity contribution in [3.05, 3.63) is 57.1 Å². The number of hydrogen-bond acceptors (Lipinski definition) is 3. The van der Waals surface area contributed by atoms with Gasteiger partial charge in [0.05, 0.1) is 5.56 Å². The molecule has 3 rings (SSSR count). The van der Waals surface area contributed by atoms with Crippen LogP contribution in [-0.2, 0) is 17.9 Å². The minimum atomic E-state index is -0.973. The van der Waals surface area contributed by atoms with E-state index in [1.165, 1.54) is 12.1 Å². The Kier molecular flexibility index (Phi) is 7.15. The fourth-order valence-electron chi connectivity index (χ4n) is 4.06. The molecule has 30 heavy (non-hydrogen) atoms. The molecule has 1 aliphatic heterocycles. The van der Waals surface area contributed by atoms with Gasteiger partial charge in [0.2, 0.25) is 5.91 Å². The van der Waals surface area contributed by atoms with Gasteiger partial charge in [-0.3, -0.25) is 4.79 Å². The molecule has 162 valence electrons. The van der Waals surface area contributed by atoms with E-state index in [-0.39, 0.29) is 11.5 Å². The van der Waals surface area contributed by atoms with E-state index in [0.717, 1.165) is 42.8 Å². The highest BCUT2D eigenvalue weighted by molar-refractivity contribution is 6.31. The Morgan fingerprint density at radius 3 is 2.70 bits per heavy atom. The van der Waals surface area contributed by atoms with Crippen molar-refractivity contribution in [2.45, 2.75) is 46.2 Å². The molecule has 1 saturated heterocycles. The van der Waals surface area contributed by atoms with E-state index in [4.69, 9.17) is 11.6 Å². The number of likely N-dealkylation sites (tertiary alicyclic amines) is 1. The van der Waals surface area contributed by atoms with E-state index >= 15 is 0 Å². The van der Waals surface area contributed by atoms with E-state index in [0.29, 0.717) is 36.8 Å². The molecule has 6 nitrogen and oxygen atoms in total. The zero-order valence-corrected chi connectivity index (χ0v) is 18.1. The number of carboxylic acids is 1. The third-order valence-electron chi connectivity index (χ3n) is 5.72. The molecule has 0 spiro atoms. The van der Waals surface area contributed by atoms with Gasteiger partial charge in [0.1, 0.15) is 5.82 Å². The minimum absolute atomic E-state index is 0.214. The summed E-state index contributed by atoms with van der Waals surface area (Å²) >= 11 is 6.17. The minimum Gasteiger partial charge on any atom is -0.478 e. The fourth-order valence-corrected chi connectivity index (χ4v) is 4.28. The van der Waals surface area contributed by atoms with Crippen LogP contribution in [0.5, 0.6) is 0 Å². The molecule has 0 radical (unpaired) electrons. The lowest BCUT2D eigenvalue weighted by Crippen LogP contribution is -2.28. The summed E-state index contributed by atoms with van der Waals surface area (Å²) in [6.07, 6.45) is 2.38. The van der Waals surface area contributed by atoms with Gasteiger partial charge in [-0.1, -0.05) is 17.7 Å². The molecule has 2 aromatic rings. The van der Waals surface area contributed by atoms with Crippen molar-refractivity contribution in [2.75, 3.05) is 19.6 Å². The van der Waals surface area contributed by atoms with Crippen LogP contribution in [0, 0.1) is 19.7 Å². The number of benzene rings is 1. The lowest BCUT2D eigenvalue weighted by Gasteiger charge is -2.15. The van der Waals surface area contributed by atoms with Gasteiger partial charge >= 0.3 is 5.97 Å². The lowest BCUT2D eigenvalue weighted by molar-refractivity contribution is -0.127. The van der Waals surface area contributed by atoms with Gasteiger partial charge in [0.15, 0.2) is 0 Å². The summed E-state index contributed by atoms with van der Waals surface area (Å²) in [4.78, 5) is 25.5. The summed E-state index contributed by atoms with van der Waals surface area (Å²) in [5.41, 5.74) is 3.22. The van der Waals surface area contributed by atoms with E-state index in [9.17, 15) is 19.1 Å². The van der Waals surface area contributed by atoms with Gasteiger partial charge in [0, 0.05) is 54.6 Å².